The summed E-state index contributed by atoms with van der Waals surface area (Å²) >= 11 is 6.85. The van der Waals surface area contributed by atoms with Crippen molar-refractivity contribution in [3.05, 3.63) is 69.4 Å². The molecule has 10 amide bonds. The highest BCUT2D eigenvalue weighted by Crippen LogP contribution is 2.27. The van der Waals surface area contributed by atoms with Gasteiger partial charge in [0, 0.05) is 25.9 Å². The van der Waals surface area contributed by atoms with Crippen LogP contribution in [0.5, 0.6) is 0 Å². The maximum Gasteiger partial charge on any atom is 0.425 e. The lowest BCUT2D eigenvalue weighted by Gasteiger charge is -2.42. The second-order valence-electron chi connectivity index (χ2n) is 17.6. The van der Waals surface area contributed by atoms with E-state index in [0.717, 1.165) is 61.0 Å². The van der Waals surface area contributed by atoms with Crippen LogP contribution in [0.3, 0.4) is 0 Å². The van der Waals surface area contributed by atoms with Gasteiger partial charge in [-0.25, -0.2) is 69.7 Å². The third-order valence-corrected chi connectivity index (χ3v) is 13.8. The number of ketones is 2. The number of hydrazine groups is 4. The number of thiophene rings is 1. The number of hydrogen-bond acceptors (Lipinski definition) is 19. The molecule has 0 saturated carbocycles. The van der Waals surface area contributed by atoms with Gasteiger partial charge >= 0.3 is 48.1 Å². The van der Waals surface area contributed by atoms with Crippen LogP contribution < -0.4 is 21.5 Å². The third kappa shape index (κ3) is 14.9. The van der Waals surface area contributed by atoms with E-state index in [1.165, 1.54) is 12.1 Å². The second-order valence-corrected chi connectivity index (χ2v) is 19.0. The minimum Gasteiger partial charge on any atom is -0.481 e. The Morgan fingerprint density at radius 1 is 0.637 bits per heavy atom. The molecule has 0 spiro atoms. The van der Waals surface area contributed by atoms with E-state index in [0.29, 0.717) is 18.2 Å². The molecule has 7 rings (SSSR count). The number of aliphatic carboxylic acids is 2. The number of carboxylic acids is 2. The number of carboxylic acid groups (broad SMARTS) is 2. The summed E-state index contributed by atoms with van der Waals surface area (Å²) in [5.74, 6) is -9.12. The number of benzene rings is 2. The van der Waals surface area contributed by atoms with Gasteiger partial charge in [0.1, 0.15) is 29.0 Å². The van der Waals surface area contributed by atoms with E-state index in [-0.39, 0.29) is 67.3 Å². The van der Waals surface area contributed by atoms with Crippen molar-refractivity contribution in [1.82, 2.24) is 51.5 Å². The van der Waals surface area contributed by atoms with E-state index in [4.69, 9.17) is 21.1 Å². The number of ether oxygens (including phenoxy) is 4. The van der Waals surface area contributed by atoms with Crippen molar-refractivity contribution in [2.24, 2.45) is 0 Å². The van der Waals surface area contributed by atoms with Crippen molar-refractivity contribution in [3.63, 3.8) is 0 Å². The lowest BCUT2D eigenvalue weighted by atomic mass is 10.0. The van der Waals surface area contributed by atoms with Crippen LogP contribution in [0.15, 0.2) is 53.9 Å². The quantitative estimate of drug-likeness (QED) is 0.0770. The first-order valence-corrected chi connectivity index (χ1v) is 25.6. The van der Waals surface area contributed by atoms with Gasteiger partial charge in [-0.05, 0) is 54.0 Å². The normalized spacial score (nSPS) is 17.8. The molecule has 0 unspecified atom stereocenters. The van der Waals surface area contributed by atoms with Crippen molar-refractivity contribution in [3.8, 4) is 0 Å². The number of amides is 10. The highest BCUT2D eigenvalue weighted by atomic mass is 35.5. The SMILES string of the molecule is COC(=O)NN1CCC(=O)N2CCC[C@@H](C(=O)N[C@@H](CC(=O)O)C(=O)COC(=O)c3cccc4ccccc34)N2C1=O.COC(=O)NN1CCC(=O)N2CCC[C@@H](C(=O)N[C@@H](CC(=O)O)C(=O)COC(=O)c3sccc3Cl)N2C1=O. The molecule has 5 heterocycles. The molecule has 0 bridgehead atoms. The Labute approximate surface area is 461 Å². The molecule has 32 heteroatoms. The van der Waals surface area contributed by atoms with Crippen molar-refractivity contribution < 1.29 is 96.3 Å². The fourth-order valence-corrected chi connectivity index (χ4v) is 9.60. The van der Waals surface area contributed by atoms with Gasteiger partial charge < -0.3 is 39.8 Å². The van der Waals surface area contributed by atoms with Crippen molar-refractivity contribution >= 4 is 117 Å². The summed E-state index contributed by atoms with van der Waals surface area (Å²) in [5.41, 5.74) is 4.58. The largest absolute Gasteiger partial charge is 0.481 e. The molecule has 0 radical (unpaired) electrons. The topological polar surface area (TPSA) is 384 Å². The number of esters is 2. The van der Waals surface area contributed by atoms with Crippen molar-refractivity contribution in [2.45, 2.75) is 75.5 Å². The van der Waals surface area contributed by atoms with Crippen LogP contribution >= 0.6 is 22.9 Å². The molecule has 428 valence electrons. The Hall–Kier alpha value is -9.13. The van der Waals surface area contributed by atoms with E-state index in [9.17, 15) is 77.3 Å². The highest BCUT2D eigenvalue weighted by molar-refractivity contribution is 7.12. The number of halogens is 1. The maximum absolute atomic E-state index is 13.4. The Morgan fingerprint density at radius 2 is 1.10 bits per heavy atom. The predicted molar refractivity (Wildman–Crippen MR) is 270 cm³/mol. The first kappa shape index (κ1) is 60.1. The maximum atomic E-state index is 13.4. The zero-order chi connectivity index (χ0) is 58.4. The number of carbonyl (C=O) groups excluding carboxylic acids is 12. The van der Waals surface area contributed by atoms with E-state index >= 15 is 0 Å². The monoisotopic (exact) mass is 1160 g/mol. The van der Waals surface area contributed by atoms with Crippen LogP contribution in [0, 0.1) is 0 Å². The van der Waals surface area contributed by atoms with Crippen molar-refractivity contribution in [2.75, 3.05) is 53.6 Å². The smallest absolute Gasteiger partial charge is 0.425 e. The number of fused-ring (bicyclic) bond motifs is 3. The van der Waals surface area contributed by atoms with Gasteiger partial charge in [0.15, 0.2) is 24.8 Å². The van der Waals surface area contributed by atoms with Gasteiger partial charge in [-0.1, -0.05) is 48.0 Å². The molecule has 4 saturated heterocycles. The molecule has 4 aliphatic heterocycles. The summed E-state index contributed by atoms with van der Waals surface area (Å²) in [7, 11) is 2.17. The molecule has 3 aromatic rings. The Bertz CT molecular complexity index is 2950. The van der Waals surface area contributed by atoms with E-state index < -0.39 is 134 Å². The Kier molecular flexibility index (Phi) is 20.6. The molecule has 4 aliphatic rings. The number of Topliss-reactive ketones (excluding diaryl/α,β-unsaturated/α-hetero) is 2. The first-order chi connectivity index (χ1) is 38.1. The zero-order valence-corrected chi connectivity index (χ0v) is 44.2. The van der Waals surface area contributed by atoms with Crippen LogP contribution in [0.4, 0.5) is 19.2 Å². The minimum absolute atomic E-state index is 0.0510. The average molecular weight is 1160 g/mol. The van der Waals surface area contributed by atoms with Gasteiger partial charge in [-0.3, -0.25) is 38.4 Å². The number of urea groups is 2. The van der Waals surface area contributed by atoms with Crippen molar-refractivity contribution in [1.29, 1.82) is 0 Å². The second kappa shape index (κ2) is 27.5. The van der Waals surface area contributed by atoms with E-state index in [2.05, 4.69) is 31.0 Å². The summed E-state index contributed by atoms with van der Waals surface area (Å²) in [6, 6.07) is 5.87. The van der Waals surface area contributed by atoms with Gasteiger partial charge in [0.25, 0.3) is 0 Å². The molecule has 1 aromatic heterocycles. The number of rotatable bonds is 18. The van der Waals surface area contributed by atoms with Crippen LogP contribution in [-0.2, 0) is 57.3 Å². The Morgan fingerprint density at radius 3 is 1.55 bits per heavy atom. The molecule has 0 aliphatic carbocycles. The molecule has 30 nitrogen and oxygen atoms in total. The van der Waals surface area contributed by atoms with Gasteiger partial charge in [-0.2, -0.15) is 0 Å². The Balaban J connectivity index is 0.000000259. The fourth-order valence-electron chi connectivity index (χ4n) is 8.58. The fraction of sp³-hybridized carbons (Fsp3) is 0.417. The standard InChI is InChI=1S/C27H29N5O10.C21H24ClN5O10S/c1-41-26(39)29-30-13-11-22(34)31-12-5-10-20(32(31)27(30)40)24(37)28-19(14-23(35)36)21(33)15-42-25(38)18-9-4-7-16-6-2-3-8-17(16)18;1-36-20(34)24-25-7-4-15(29)26-6-2-3-13(27(26)21(25)35)18(32)23-12(9-16(30)31)14(28)10-37-19(33)17-11(22)5-8-38-17/h2-4,6-9,19-20H,5,10-15H2,1H3,(H,28,37)(H,29,39)(H,35,36);5,8,12-13H,2-4,6-7,9-10H2,1H3,(H,23,32)(H,24,34)(H,30,31)/t19-,20-;12-,13-/m00/s1. The number of hydrogen-bond donors (Lipinski definition) is 6. The van der Waals surface area contributed by atoms with Gasteiger partial charge in [0.2, 0.25) is 23.6 Å². The summed E-state index contributed by atoms with van der Waals surface area (Å²) in [4.78, 5) is 175. The number of carbonyl (C=O) groups is 14. The summed E-state index contributed by atoms with van der Waals surface area (Å²) in [6.45, 7) is -1.79. The summed E-state index contributed by atoms with van der Waals surface area (Å²) < 4.78 is 19.1. The average Bonchev–Trinajstić information content (AvgIpc) is 3.80. The number of methoxy groups -OCH3 is 2. The molecule has 80 heavy (non-hydrogen) atoms. The molecule has 4 fully saturated rings. The molecule has 6 N–H and O–H groups in total. The minimum atomic E-state index is -1.61. The molecular formula is C48H53ClN10O20S. The molecule has 4 atom stereocenters. The van der Waals surface area contributed by atoms with Gasteiger partial charge in [0.05, 0.1) is 50.7 Å². The van der Waals surface area contributed by atoms with Crippen LogP contribution in [0.25, 0.3) is 10.8 Å². The number of nitrogens with zero attached hydrogens (tertiary/aromatic N) is 6. The van der Waals surface area contributed by atoms with E-state index in [1.54, 1.807) is 41.8 Å². The predicted octanol–water partition coefficient (Wildman–Crippen LogP) is 1.22. The summed E-state index contributed by atoms with van der Waals surface area (Å²) in [5, 5.41) is 31.9. The van der Waals surface area contributed by atoms with Crippen LogP contribution in [0.2, 0.25) is 5.02 Å². The first-order valence-electron chi connectivity index (χ1n) is 24.3. The molecular weight excluding hydrogens is 1100 g/mol. The van der Waals surface area contributed by atoms with Crippen LogP contribution in [-0.4, -0.2) is 201 Å². The highest BCUT2D eigenvalue weighted by Gasteiger charge is 2.47. The van der Waals surface area contributed by atoms with E-state index in [1.807, 2.05) is 0 Å². The molecule has 2 aromatic carbocycles. The number of nitrogens with one attached hydrogen (secondary N) is 4. The summed E-state index contributed by atoms with van der Waals surface area (Å²) in [6.07, 6.45) is -3.08. The lowest BCUT2D eigenvalue weighted by molar-refractivity contribution is -0.156. The van der Waals surface area contributed by atoms with Gasteiger partial charge in [-0.15, -0.1) is 11.3 Å². The zero-order valence-electron chi connectivity index (χ0n) is 42.6. The van der Waals surface area contributed by atoms with Crippen LogP contribution in [0.1, 0.15) is 71.4 Å². The third-order valence-electron chi connectivity index (χ3n) is 12.4. The lowest BCUT2D eigenvalue weighted by Crippen LogP contribution is -2.65.